The Morgan fingerprint density at radius 2 is 2.17 bits per heavy atom. The summed E-state index contributed by atoms with van der Waals surface area (Å²) >= 11 is 0. The van der Waals surface area contributed by atoms with Crippen molar-refractivity contribution in [3.63, 3.8) is 0 Å². The summed E-state index contributed by atoms with van der Waals surface area (Å²) in [5, 5.41) is 4.01. The smallest absolute Gasteiger partial charge is 0.181 e. The predicted octanol–water partition coefficient (Wildman–Crippen LogP) is 1.45. The highest BCUT2D eigenvalue weighted by Crippen LogP contribution is 2.19. The van der Waals surface area contributed by atoms with Crippen molar-refractivity contribution in [2.75, 3.05) is 6.26 Å². The minimum atomic E-state index is -3.21. The van der Waals surface area contributed by atoms with Gasteiger partial charge in [-0.15, -0.1) is 0 Å². The van der Waals surface area contributed by atoms with Crippen LogP contribution in [0.25, 0.3) is 0 Å². The van der Waals surface area contributed by atoms with Crippen molar-refractivity contribution < 1.29 is 12.8 Å². The third-order valence-electron chi connectivity index (χ3n) is 2.55. The molecule has 2 aromatic heterocycles. The molecule has 0 bridgehead atoms. The second kappa shape index (κ2) is 4.56. The third-order valence-corrected chi connectivity index (χ3v) is 3.61. The van der Waals surface area contributed by atoms with E-state index in [4.69, 9.17) is 4.42 Å². The Morgan fingerprint density at radius 3 is 2.72 bits per heavy atom. The van der Waals surface area contributed by atoms with Crippen molar-refractivity contribution in [3.05, 3.63) is 30.2 Å². The van der Waals surface area contributed by atoms with Crippen molar-refractivity contribution in [1.82, 2.24) is 14.8 Å². The molecule has 2 aromatic rings. The van der Waals surface area contributed by atoms with Gasteiger partial charge in [-0.2, -0.15) is 5.10 Å². The van der Waals surface area contributed by atoms with E-state index in [2.05, 4.69) is 10.1 Å². The van der Waals surface area contributed by atoms with E-state index in [0.717, 1.165) is 17.7 Å². The highest BCUT2D eigenvalue weighted by Gasteiger charge is 2.14. The molecule has 0 amide bonds. The number of rotatable bonds is 4. The summed E-state index contributed by atoms with van der Waals surface area (Å²) in [5.74, 6) is 1.03. The van der Waals surface area contributed by atoms with E-state index in [9.17, 15) is 8.42 Å². The van der Waals surface area contributed by atoms with Gasteiger partial charge >= 0.3 is 0 Å². The van der Waals surface area contributed by atoms with Crippen LogP contribution in [0.5, 0.6) is 0 Å². The first-order valence-electron chi connectivity index (χ1n) is 5.52. The number of hydrogen-bond acceptors (Lipinski definition) is 5. The van der Waals surface area contributed by atoms with E-state index in [1.165, 1.54) is 18.8 Å². The van der Waals surface area contributed by atoms with Gasteiger partial charge in [0.2, 0.25) is 0 Å². The number of sulfone groups is 1. The highest BCUT2D eigenvalue weighted by molar-refractivity contribution is 7.90. The molecule has 0 aliphatic rings. The summed E-state index contributed by atoms with van der Waals surface area (Å²) in [4.78, 5) is 4.33. The van der Waals surface area contributed by atoms with Crippen molar-refractivity contribution in [2.45, 2.75) is 31.2 Å². The summed E-state index contributed by atoms with van der Waals surface area (Å²) in [5.41, 5.74) is 0.771. The molecule has 2 rings (SSSR count). The zero-order valence-electron chi connectivity index (χ0n) is 10.5. The fraction of sp³-hybridized carbons (Fsp3) is 0.455. The normalized spacial score (nSPS) is 12.2. The molecule has 98 valence electrons. The predicted molar refractivity (Wildman–Crippen MR) is 65.0 cm³/mol. The first-order chi connectivity index (χ1) is 8.38. The Kier molecular flexibility index (Phi) is 3.25. The lowest BCUT2D eigenvalue weighted by Crippen LogP contribution is -2.04. The Bertz CT molecular complexity index is 640. The van der Waals surface area contributed by atoms with Gasteiger partial charge in [0.05, 0.1) is 12.7 Å². The van der Waals surface area contributed by atoms with Crippen LogP contribution in [0.4, 0.5) is 0 Å². The van der Waals surface area contributed by atoms with Crippen molar-refractivity contribution in [1.29, 1.82) is 0 Å². The van der Waals surface area contributed by atoms with Crippen LogP contribution in [0.1, 0.15) is 31.2 Å². The molecule has 0 N–H and O–H groups in total. The van der Waals surface area contributed by atoms with E-state index in [0.29, 0.717) is 6.54 Å². The average molecular weight is 269 g/mol. The third kappa shape index (κ3) is 2.61. The molecular weight excluding hydrogens is 254 g/mol. The van der Waals surface area contributed by atoms with Gasteiger partial charge < -0.3 is 4.42 Å². The van der Waals surface area contributed by atoms with E-state index in [-0.39, 0.29) is 10.8 Å². The van der Waals surface area contributed by atoms with Crippen LogP contribution >= 0.6 is 0 Å². The molecule has 0 unspecified atom stereocenters. The first kappa shape index (κ1) is 12.8. The van der Waals surface area contributed by atoms with Gasteiger partial charge in [0.1, 0.15) is 16.3 Å². The Morgan fingerprint density at radius 1 is 1.44 bits per heavy atom. The average Bonchev–Trinajstić information content (AvgIpc) is 2.85. The molecule has 7 heteroatoms. The second-order valence-electron chi connectivity index (χ2n) is 4.46. The maximum Gasteiger partial charge on any atom is 0.181 e. The second-order valence-corrected chi connectivity index (χ2v) is 6.48. The molecule has 18 heavy (non-hydrogen) atoms. The minimum Gasteiger partial charge on any atom is -0.448 e. The van der Waals surface area contributed by atoms with E-state index >= 15 is 0 Å². The number of nitrogens with zero attached hydrogens (tertiary/aromatic N) is 3. The zero-order chi connectivity index (χ0) is 13.3. The molecule has 0 saturated heterocycles. The first-order valence-corrected chi connectivity index (χ1v) is 7.42. The largest absolute Gasteiger partial charge is 0.448 e. The van der Waals surface area contributed by atoms with Gasteiger partial charge in [0, 0.05) is 18.4 Å². The maximum atomic E-state index is 11.3. The van der Waals surface area contributed by atoms with Crippen LogP contribution < -0.4 is 0 Å². The summed E-state index contributed by atoms with van der Waals surface area (Å²) < 4.78 is 29.5. The zero-order valence-corrected chi connectivity index (χ0v) is 11.3. The lowest BCUT2D eigenvalue weighted by Gasteiger charge is -2.03. The van der Waals surface area contributed by atoms with Gasteiger partial charge in [0.15, 0.2) is 16.2 Å². The van der Waals surface area contributed by atoms with E-state index in [1.54, 1.807) is 4.68 Å². The molecule has 0 radical (unpaired) electrons. The van der Waals surface area contributed by atoms with Crippen LogP contribution in [0.3, 0.4) is 0 Å². The monoisotopic (exact) mass is 269 g/mol. The van der Waals surface area contributed by atoms with Gasteiger partial charge in [-0.3, -0.25) is 4.68 Å². The topological polar surface area (TPSA) is 78.0 Å². The quantitative estimate of drug-likeness (QED) is 0.839. The molecule has 0 saturated carbocycles. The summed E-state index contributed by atoms with van der Waals surface area (Å²) in [7, 11) is -3.21. The van der Waals surface area contributed by atoms with Crippen molar-refractivity contribution >= 4 is 9.84 Å². The van der Waals surface area contributed by atoms with E-state index in [1.807, 2.05) is 13.8 Å². The van der Waals surface area contributed by atoms with Crippen LogP contribution in [0, 0.1) is 0 Å². The van der Waals surface area contributed by atoms with Gasteiger partial charge in [-0.25, -0.2) is 13.4 Å². The van der Waals surface area contributed by atoms with E-state index < -0.39 is 9.84 Å². The minimum absolute atomic E-state index is 0.206. The molecule has 2 heterocycles. The number of aromatic nitrogens is 3. The Balaban J connectivity index is 2.24. The van der Waals surface area contributed by atoms with Crippen LogP contribution in [-0.2, 0) is 16.4 Å². The fourth-order valence-electron chi connectivity index (χ4n) is 1.64. The molecule has 0 fully saturated rings. The van der Waals surface area contributed by atoms with Crippen LogP contribution in [-0.4, -0.2) is 29.4 Å². The summed E-state index contributed by atoms with van der Waals surface area (Å²) in [6.45, 7) is 4.42. The summed E-state index contributed by atoms with van der Waals surface area (Å²) in [6.07, 6.45) is 5.38. The summed E-state index contributed by atoms with van der Waals surface area (Å²) in [6, 6.07) is 0. The van der Waals surface area contributed by atoms with Crippen LogP contribution in [0.15, 0.2) is 28.1 Å². The maximum absolute atomic E-state index is 11.3. The van der Waals surface area contributed by atoms with Crippen molar-refractivity contribution in [2.24, 2.45) is 0 Å². The molecule has 0 aliphatic carbocycles. The van der Waals surface area contributed by atoms with Crippen LogP contribution in [0.2, 0.25) is 0 Å². The molecule has 0 spiro atoms. The standard InChI is InChI=1S/C11H15N3O3S/c1-8(2)11-10(12-7-17-11)6-14-5-9(4-13-14)18(3,15)16/h4-5,7-8H,6H2,1-3H3. The van der Waals surface area contributed by atoms with Gasteiger partial charge in [0.25, 0.3) is 0 Å². The Labute approximate surface area is 106 Å². The SMILES string of the molecule is CC(C)c1ocnc1Cn1cc(S(C)(=O)=O)cn1. The van der Waals surface area contributed by atoms with Crippen molar-refractivity contribution in [3.8, 4) is 0 Å². The molecule has 0 aliphatic heterocycles. The number of oxazole rings is 1. The number of hydrogen-bond donors (Lipinski definition) is 0. The lowest BCUT2D eigenvalue weighted by atomic mass is 10.1. The van der Waals surface area contributed by atoms with Gasteiger partial charge in [-0.05, 0) is 0 Å². The fourth-order valence-corrected chi connectivity index (χ4v) is 2.19. The molecular formula is C11H15N3O3S. The lowest BCUT2D eigenvalue weighted by molar-refractivity contribution is 0.476. The molecule has 0 aromatic carbocycles. The molecule has 6 nitrogen and oxygen atoms in total. The molecule has 0 atom stereocenters. The highest BCUT2D eigenvalue weighted by atomic mass is 32.2. The van der Waals surface area contributed by atoms with Gasteiger partial charge in [-0.1, -0.05) is 13.8 Å². The Hall–Kier alpha value is -1.63.